The van der Waals surface area contributed by atoms with Crippen molar-refractivity contribution in [1.82, 2.24) is 9.38 Å². The van der Waals surface area contributed by atoms with E-state index in [2.05, 4.69) is 4.98 Å². The van der Waals surface area contributed by atoms with Crippen molar-refractivity contribution >= 4 is 22.3 Å². The van der Waals surface area contributed by atoms with E-state index in [1.54, 1.807) is 43.0 Å². The molecule has 0 N–H and O–H groups in total. The number of hydrogen-bond acceptors (Lipinski definition) is 7. The fourth-order valence-corrected chi connectivity index (χ4v) is 2.71. The highest BCUT2D eigenvalue weighted by atomic mass is 32.1. The number of rotatable bonds is 6. The Morgan fingerprint density at radius 2 is 2.00 bits per heavy atom. The molecule has 3 rings (SSSR count). The van der Waals surface area contributed by atoms with Crippen molar-refractivity contribution in [3.8, 4) is 11.5 Å². The third-order valence-corrected chi connectivity index (χ3v) is 3.91. The summed E-state index contributed by atoms with van der Waals surface area (Å²) in [6.45, 7) is -0.305. The molecule has 0 unspecified atom stereocenters. The van der Waals surface area contributed by atoms with Gasteiger partial charge in [0.1, 0.15) is 18.1 Å². The maximum absolute atomic E-state index is 11.8. The van der Waals surface area contributed by atoms with Crippen molar-refractivity contribution in [2.75, 3.05) is 13.7 Å². The summed E-state index contributed by atoms with van der Waals surface area (Å²) in [6, 6.07) is 8.19. The van der Waals surface area contributed by atoms with E-state index in [1.165, 1.54) is 21.8 Å². The van der Waals surface area contributed by atoms with E-state index in [4.69, 9.17) is 14.2 Å². The number of carbonyl (C=O) groups is 1. The van der Waals surface area contributed by atoms with Crippen LogP contribution < -0.4 is 15.0 Å². The zero-order chi connectivity index (χ0) is 16.9. The van der Waals surface area contributed by atoms with Crippen molar-refractivity contribution in [1.29, 1.82) is 0 Å². The van der Waals surface area contributed by atoms with Crippen molar-refractivity contribution in [2.45, 2.75) is 6.61 Å². The van der Waals surface area contributed by atoms with Gasteiger partial charge >= 0.3 is 5.97 Å². The number of nitrogens with zero attached hydrogens (tertiary/aromatic N) is 2. The Balaban J connectivity index is 1.53. The minimum Gasteiger partial charge on any atom is -0.497 e. The van der Waals surface area contributed by atoms with Gasteiger partial charge in [0.25, 0.3) is 5.56 Å². The fraction of sp³-hybridized carbons (Fsp3) is 0.188. The molecule has 0 fully saturated rings. The number of ether oxygens (including phenoxy) is 3. The molecular formula is C16H14N2O5S. The summed E-state index contributed by atoms with van der Waals surface area (Å²) < 4.78 is 16.9. The summed E-state index contributed by atoms with van der Waals surface area (Å²) in [5.41, 5.74) is 0.196. The predicted molar refractivity (Wildman–Crippen MR) is 87.6 cm³/mol. The number of thiazole rings is 1. The zero-order valence-electron chi connectivity index (χ0n) is 12.8. The second-order valence-electron chi connectivity index (χ2n) is 4.77. The Kier molecular flexibility index (Phi) is 4.76. The summed E-state index contributed by atoms with van der Waals surface area (Å²) in [4.78, 5) is 28.4. The molecule has 0 aliphatic carbocycles. The molecule has 124 valence electrons. The third kappa shape index (κ3) is 3.72. The van der Waals surface area contributed by atoms with Gasteiger partial charge in [-0.3, -0.25) is 9.20 Å². The number of benzene rings is 1. The largest absolute Gasteiger partial charge is 0.497 e. The summed E-state index contributed by atoms with van der Waals surface area (Å²) in [6.07, 6.45) is 1.65. The Labute approximate surface area is 141 Å². The number of hydrogen-bond donors (Lipinski definition) is 0. The van der Waals surface area contributed by atoms with E-state index in [1.807, 2.05) is 0 Å². The molecule has 0 saturated carbocycles. The molecule has 1 aromatic carbocycles. The van der Waals surface area contributed by atoms with Gasteiger partial charge in [0, 0.05) is 17.6 Å². The molecular weight excluding hydrogens is 332 g/mol. The molecule has 2 aromatic heterocycles. The van der Waals surface area contributed by atoms with E-state index < -0.39 is 5.97 Å². The third-order valence-electron chi connectivity index (χ3n) is 3.15. The fourth-order valence-electron chi connectivity index (χ4n) is 1.97. The predicted octanol–water partition coefficient (Wildman–Crippen LogP) is 1.89. The van der Waals surface area contributed by atoms with E-state index in [0.29, 0.717) is 22.2 Å². The highest BCUT2D eigenvalue weighted by Gasteiger charge is 2.08. The maximum atomic E-state index is 11.8. The zero-order valence-corrected chi connectivity index (χ0v) is 13.6. The SMILES string of the molecule is COc1ccc(OCC(=O)OCc2cc(=O)n3ccsc3n2)cc1. The van der Waals surface area contributed by atoms with Crippen LogP contribution in [-0.2, 0) is 16.1 Å². The molecule has 7 nitrogen and oxygen atoms in total. The highest BCUT2D eigenvalue weighted by molar-refractivity contribution is 7.15. The summed E-state index contributed by atoms with van der Waals surface area (Å²) >= 11 is 1.34. The minimum atomic E-state index is -0.543. The summed E-state index contributed by atoms with van der Waals surface area (Å²) in [7, 11) is 1.57. The van der Waals surface area contributed by atoms with E-state index in [0.717, 1.165) is 0 Å². The van der Waals surface area contributed by atoms with Gasteiger partial charge in [-0.05, 0) is 24.3 Å². The van der Waals surface area contributed by atoms with Gasteiger partial charge in [-0.25, -0.2) is 9.78 Å². The van der Waals surface area contributed by atoms with Crippen molar-refractivity contribution < 1.29 is 19.0 Å². The molecule has 0 saturated heterocycles. The van der Waals surface area contributed by atoms with E-state index >= 15 is 0 Å². The first-order chi connectivity index (χ1) is 11.7. The lowest BCUT2D eigenvalue weighted by molar-refractivity contribution is -0.147. The van der Waals surface area contributed by atoms with E-state index in [-0.39, 0.29) is 18.8 Å². The van der Waals surface area contributed by atoms with Crippen LogP contribution in [-0.4, -0.2) is 29.1 Å². The highest BCUT2D eigenvalue weighted by Crippen LogP contribution is 2.16. The second kappa shape index (κ2) is 7.14. The van der Waals surface area contributed by atoms with Crippen LogP contribution in [0.4, 0.5) is 0 Å². The van der Waals surface area contributed by atoms with Gasteiger partial charge in [-0.1, -0.05) is 0 Å². The van der Waals surface area contributed by atoms with Crippen molar-refractivity contribution in [2.24, 2.45) is 0 Å². The first-order valence-electron chi connectivity index (χ1n) is 7.04. The molecule has 0 aliphatic rings. The lowest BCUT2D eigenvalue weighted by Gasteiger charge is -2.07. The molecule has 8 heteroatoms. The molecule has 0 bridgehead atoms. The smallest absolute Gasteiger partial charge is 0.344 e. The molecule has 0 atom stereocenters. The van der Waals surface area contributed by atoms with Gasteiger partial charge in [0.05, 0.1) is 12.8 Å². The van der Waals surface area contributed by atoms with Crippen LogP contribution in [0.1, 0.15) is 5.69 Å². The molecule has 3 aromatic rings. The number of carbonyl (C=O) groups excluding carboxylic acids is 1. The molecule has 0 amide bonds. The average molecular weight is 346 g/mol. The first kappa shape index (κ1) is 16.0. The molecule has 0 radical (unpaired) electrons. The number of esters is 1. The lowest BCUT2D eigenvalue weighted by Crippen LogP contribution is -2.17. The summed E-state index contributed by atoms with van der Waals surface area (Å²) in [5.74, 6) is 0.689. The van der Waals surface area contributed by atoms with Gasteiger partial charge in [0.15, 0.2) is 11.6 Å². The van der Waals surface area contributed by atoms with Crippen LogP contribution in [0, 0.1) is 0 Å². The minimum absolute atomic E-state index is 0.0750. The monoisotopic (exact) mass is 346 g/mol. The van der Waals surface area contributed by atoms with Crippen LogP contribution in [0.2, 0.25) is 0 Å². The number of fused-ring (bicyclic) bond motifs is 1. The van der Waals surface area contributed by atoms with Gasteiger partial charge in [-0.15, -0.1) is 11.3 Å². The standard InChI is InChI=1S/C16H14N2O5S/c1-21-12-2-4-13(5-3-12)22-10-15(20)23-9-11-8-14(19)18-6-7-24-16(18)17-11/h2-8H,9-10H2,1H3. The Hall–Kier alpha value is -2.87. The Morgan fingerprint density at radius 1 is 1.25 bits per heavy atom. The van der Waals surface area contributed by atoms with Crippen LogP contribution in [0.5, 0.6) is 11.5 Å². The topological polar surface area (TPSA) is 79.1 Å². The Morgan fingerprint density at radius 3 is 2.75 bits per heavy atom. The molecule has 0 aliphatic heterocycles. The van der Waals surface area contributed by atoms with Crippen LogP contribution in [0.15, 0.2) is 46.7 Å². The maximum Gasteiger partial charge on any atom is 0.344 e. The van der Waals surface area contributed by atoms with Gasteiger partial charge in [-0.2, -0.15) is 0 Å². The van der Waals surface area contributed by atoms with Gasteiger partial charge < -0.3 is 14.2 Å². The van der Waals surface area contributed by atoms with Crippen molar-refractivity contribution in [3.63, 3.8) is 0 Å². The molecule has 2 heterocycles. The number of aromatic nitrogens is 2. The van der Waals surface area contributed by atoms with Crippen LogP contribution >= 0.6 is 11.3 Å². The average Bonchev–Trinajstić information content (AvgIpc) is 3.08. The second-order valence-corrected chi connectivity index (χ2v) is 5.64. The lowest BCUT2D eigenvalue weighted by atomic mass is 10.3. The van der Waals surface area contributed by atoms with Crippen LogP contribution in [0.25, 0.3) is 4.96 Å². The van der Waals surface area contributed by atoms with E-state index in [9.17, 15) is 9.59 Å². The molecule has 24 heavy (non-hydrogen) atoms. The van der Waals surface area contributed by atoms with Crippen molar-refractivity contribution in [3.05, 3.63) is 58.0 Å². The number of methoxy groups -OCH3 is 1. The quantitative estimate of drug-likeness (QED) is 0.634. The first-order valence-corrected chi connectivity index (χ1v) is 7.92. The van der Waals surface area contributed by atoms with Crippen LogP contribution in [0.3, 0.4) is 0 Å². The molecule has 0 spiro atoms. The normalized spacial score (nSPS) is 10.5. The van der Waals surface area contributed by atoms with Gasteiger partial charge in [0.2, 0.25) is 0 Å². The Bertz CT molecular complexity index is 901. The summed E-state index contributed by atoms with van der Waals surface area (Å²) in [5, 5.41) is 1.77.